The molecular weight excluding hydrogens is 458 g/mol. The van der Waals surface area contributed by atoms with Crippen molar-refractivity contribution < 1.29 is 23.8 Å². The van der Waals surface area contributed by atoms with Gasteiger partial charge in [0.15, 0.2) is 5.92 Å². The van der Waals surface area contributed by atoms with E-state index in [1.165, 1.54) is 0 Å². The number of fused-ring (bicyclic) bond motifs is 3. The van der Waals surface area contributed by atoms with E-state index in [9.17, 15) is 9.59 Å². The standard InChI is InChI=1S/C28H27N3O5/c1-4-36-27(33)24-25(20-15-14-19(34-2)16-23(20)35-3)31-22-13-9-8-12-21(22)29-28(31)30(26(24)32)17-18-10-6-5-7-11-18/h5-16,24-25H,4,17H2,1-3H3/t24-,25+/m1/s1. The van der Waals surface area contributed by atoms with Gasteiger partial charge in [-0.3, -0.25) is 14.5 Å². The highest BCUT2D eigenvalue weighted by molar-refractivity contribution is 6.08. The van der Waals surface area contributed by atoms with Gasteiger partial charge in [-0.05, 0) is 36.8 Å². The van der Waals surface area contributed by atoms with Gasteiger partial charge in [0.25, 0.3) is 0 Å². The van der Waals surface area contributed by atoms with Crippen molar-refractivity contribution in [2.75, 3.05) is 25.7 Å². The highest BCUT2D eigenvalue weighted by Gasteiger charge is 2.48. The molecule has 36 heavy (non-hydrogen) atoms. The molecule has 0 saturated heterocycles. The van der Waals surface area contributed by atoms with Crippen molar-refractivity contribution >= 4 is 28.9 Å². The molecule has 0 bridgehead atoms. The summed E-state index contributed by atoms with van der Waals surface area (Å²) in [5.41, 5.74) is 3.11. The lowest BCUT2D eigenvalue weighted by atomic mass is 9.88. The lowest BCUT2D eigenvalue weighted by molar-refractivity contribution is -0.153. The fourth-order valence-electron chi connectivity index (χ4n) is 4.80. The Bertz CT molecular complexity index is 1420. The molecule has 5 rings (SSSR count). The number of rotatable bonds is 7. The largest absolute Gasteiger partial charge is 0.497 e. The van der Waals surface area contributed by atoms with E-state index in [0.717, 1.165) is 16.6 Å². The summed E-state index contributed by atoms with van der Waals surface area (Å²) < 4.78 is 18.5. The minimum Gasteiger partial charge on any atom is -0.497 e. The third-order valence-corrected chi connectivity index (χ3v) is 6.43. The number of imidazole rings is 1. The summed E-state index contributed by atoms with van der Waals surface area (Å²) in [6, 6.07) is 21.9. The predicted molar refractivity (Wildman–Crippen MR) is 135 cm³/mol. The predicted octanol–water partition coefficient (Wildman–Crippen LogP) is 4.37. The normalized spacial score (nSPS) is 17.1. The molecule has 0 N–H and O–H groups in total. The molecular formula is C28H27N3O5. The molecule has 8 heteroatoms. The number of hydrogen-bond donors (Lipinski definition) is 0. The number of methoxy groups -OCH3 is 2. The van der Waals surface area contributed by atoms with Crippen LogP contribution in [-0.2, 0) is 20.9 Å². The number of aromatic nitrogens is 2. The van der Waals surface area contributed by atoms with Gasteiger partial charge in [-0.25, -0.2) is 4.98 Å². The van der Waals surface area contributed by atoms with Crippen molar-refractivity contribution in [2.24, 2.45) is 5.92 Å². The second-order valence-electron chi connectivity index (χ2n) is 8.46. The fourth-order valence-corrected chi connectivity index (χ4v) is 4.80. The summed E-state index contributed by atoms with van der Waals surface area (Å²) in [5.74, 6) is -0.530. The third kappa shape index (κ3) is 3.94. The van der Waals surface area contributed by atoms with Crippen LogP contribution in [0.5, 0.6) is 11.5 Å². The molecule has 1 aromatic heterocycles. The molecule has 3 aromatic carbocycles. The van der Waals surface area contributed by atoms with Crippen LogP contribution in [0.15, 0.2) is 72.8 Å². The maximum absolute atomic E-state index is 14.1. The van der Waals surface area contributed by atoms with Gasteiger partial charge in [0.05, 0.1) is 44.4 Å². The smallest absolute Gasteiger partial charge is 0.321 e. The van der Waals surface area contributed by atoms with Gasteiger partial charge in [0.2, 0.25) is 11.9 Å². The van der Waals surface area contributed by atoms with E-state index in [4.69, 9.17) is 19.2 Å². The molecule has 2 heterocycles. The lowest BCUT2D eigenvalue weighted by Crippen LogP contribution is -2.49. The SMILES string of the molecule is CCOC(=O)[C@H]1C(=O)N(Cc2ccccc2)c2nc3ccccc3n2[C@H]1c1ccc(OC)cc1OC. The Morgan fingerprint density at radius 1 is 0.972 bits per heavy atom. The molecule has 0 unspecified atom stereocenters. The van der Waals surface area contributed by atoms with E-state index < -0.39 is 17.9 Å². The number of amides is 1. The van der Waals surface area contributed by atoms with Crippen molar-refractivity contribution in [3.05, 3.63) is 83.9 Å². The Labute approximate surface area is 209 Å². The van der Waals surface area contributed by atoms with Crippen LogP contribution in [0.4, 0.5) is 5.95 Å². The first-order valence-corrected chi connectivity index (χ1v) is 11.8. The monoisotopic (exact) mass is 485 g/mol. The summed E-state index contributed by atoms with van der Waals surface area (Å²) >= 11 is 0. The fraction of sp³-hybridized carbons (Fsp3) is 0.250. The summed E-state index contributed by atoms with van der Waals surface area (Å²) in [6.45, 7) is 2.16. The number of nitrogens with zero attached hydrogens (tertiary/aromatic N) is 3. The van der Waals surface area contributed by atoms with Crippen LogP contribution in [0.3, 0.4) is 0 Å². The zero-order chi connectivity index (χ0) is 25.2. The van der Waals surface area contributed by atoms with Gasteiger partial charge in [-0.15, -0.1) is 0 Å². The molecule has 1 amide bonds. The number of carbonyl (C=O) groups excluding carboxylic acids is 2. The number of para-hydroxylation sites is 2. The highest BCUT2D eigenvalue weighted by atomic mass is 16.5. The van der Waals surface area contributed by atoms with Gasteiger partial charge in [-0.2, -0.15) is 0 Å². The van der Waals surface area contributed by atoms with Crippen molar-refractivity contribution in [2.45, 2.75) is 19.5 Å². The summed E-state index contributed by atoms with van der Waals surface area (Å²) in [6.07, 6.45) is 0. The van der Waals surface area contributed by atoms with Gasteiger partial charge < -0.3 is 18.8 Å². The number of carbonyl (C=O) groups is 2. The number of benzene rings is 3. The minimum atomic E-state index is -1.14. The van der Waals surface area contributed by atoms with Crippen molar-refractivity contribution in [3.63, 3.8) is 0 Å². The molecule has 2 atom stereocenters. The average Bonchev–Trinajstić information content (AvgIpc) is 3.29. The Kier molecular flexibility index (Phi) is 6.33. The molecule has 1 aliphatic heterocycles. The van der Waals surface area contributed by atoms with Gasteiger partial charge in [-0.1, -0.05) is 42.5 Å². The van der Waals surface area contributed by atoms with Crippen LogP contribution >= 0.6 is 0 Å². The first-order chi connectivity index (χ1) is 17.6. The highest BCUT2D eigenvalue weighted by Crippen LogP contribution is 2.45. The quantitative estimate of drug-likeness (QED) is 0.286. The maximum atomic E-state index is 14.1. The topological polar surface area (TPSA) is 82.9 Å². The maximum Gasteiger partial charge on any atom is 0.321 e. The van der Waals surface area contributed by atoms with Crippen LogP contribution in [-0.4, -0.2) is 42.3 Å². The van der Waals surface area contributed by atoms with E-state index in [2.05, 4.69) is 0 Å². The first kappa shape index (κ1) is 23.4. The summed E-state index contributed by atoms with van der Waals surface area (Å²) in [4.78, 5) is 33.9. The van der Waals surface area contributed by atoms with E-state index in [0.29, 0.717) is 23.0 Å². The lowest BCUT2D eigenvalue weighted by Gasteiger charge is -2.38. The molecule has 0 fully saturated rings. The number of esters is 1. The zero-order valence-electron chi connectivity index (χ0n) is 20.4. The number of ether oxygens (including phenoxy) is 3. The van der Waals surface area contributed by atoms with Gasteiger partial charge in [0.1, 0.15) is 11.5 Å². The van der Waals surface area contributed by atoms with Gasteiger partial charge in [0, 0.05) is 11.6 Å². The van der Waals surface area contributed by atoms with E-state index in [1.807, 2.05) is 65.2 Å². The third-order valence-electron chi connectivity index (χ3n) is 6.43. The Morgan fingerprint density at radius 3 is 2.44 bits per heavy atom. The molecule has 8 nitrogen and oxygen atoms in total. The van der Waals surface area contributed by atoms with Crippen LogP contribution < -0.4 is 14.4 Å². The summed E-state index contributed by atoms with van der Waals surface area (Å²) in [5, 5.41) is 0. The second kappa shape index (κ2) is 9.73. The van der Waals surface area contributed by atoms with Crippen LogP contribution in [0, 0.1) is 5.92 Å². The molecule has 0 spiro atoms. The van der Waals surface area contributed by atoms with Crippen LogP contribution in [0.2, 0.25) is 0 Å². The number of hydrogen-bond acceptors (Lipinski definition) is 6. The van der Waals surface area contributed by atoms with Crippen molar-refractivity contribution in [1.82, 2.24) is 9.55 Å². The molecule has 0 saturated carbocycles. The first-order valence-electron chi connectivity index (χ1n) is 11.8. The van der Waals surface area contributed by atoms with Gasteiger partial charge >= 0.3 is 5.97 Å². The zero-order valence-corrected chi connectivity index (χ0v) is 20.4. The minimum absolute atomic E-state index is 0.158. The van der Waals surface area contributed by atoms with Crippen molar-refractivity contribution in [3.8, 4) is 11.5 Å². The molecule has 1 aliphatic rings. The molecule has 4 aromatic rings. The van der Waals surface area contributed by atoms with E-state index in [-0.39, 0.29) is 19.1 Å². The van der Waals surface area contributed by atoms with Crippen LogP contribution in [0.25, 0.3) is 11.0 Å². The Hall–Kier alpha value is -4.33. The van der Waals surface area contributed by atoms with Crippen LogP contribution in [0.1, 0.15) is 24.1 Å². The number of anilines is 1. The van der Waals surface area contributed by atoms with E-state index >= 15 is 0 Å². The molecule has 184 valence electrons. The summed E-state index contributed by atoms with van der Waals surface area (Å²) in [7, 11) is 3.12. The Balaban J connectivity index is 1.77. The van der Waals surface area contributed by atoms with E-state index in [1.54, 1.807) is 38.2 Å². The average molecular weight is 486 g/mol. The molecule has 0 radical (unpaired) electrons. The molecule has 0 aliphatic carbocycles. The van der Waals surface area contributed by atoms with Crippen molar-refractivity contribution in [1.29, 1.82) is 0 Å². The Morgan fingerprint density at radius 2 is 1.72 bits per heavy atom. The second-order valence-corrected chi connectivity index (χ2v) is 8.46.